The van der Waals surface area contributed by atoms with Crippen LogP contribution in [0.5, 0.6) is 5.75 Å². The Bertz CT molecular complexity index is 3230. The number of guanidine groups is 1. The van der Waals surface area contributed by atoms with E-state index in [1.54, 1.807) is 26.8 Å². The standard InChI is InChI=1S/C62H83N15O15.Ga/c1-73-50(9-5-21-66-57(88)43-14-16-45(17-15-43)69-51(79)20-23-65-53(81)36-74-24-26-75(37-54(82)83)28-30-77(39-56(86)87)31-29-76(27-25-74)38-55(84)85)60(91)71-47(8-4-22-67-62(63)64)59(90)72-48(34-41-10-13-42-6-2-3-7-44(42)32-41)58(89)68-35-52(80)70-49(61(73)92)33-40-11-18-46(78)19-12-40;/h2-3,6-7,10-19,32,47-50,78H,4-5,8-9,20-31,33-39H2,1H3,(H,65,81)(H,66,88)(H,68,89)(H,69,79)(H,70,80)(H,71,91)(H,72,90)(H,82,83)(H,84,85)(H,86,87)(H4,63,64,67);/q;+3/p-3/t47-,48-,49+,50+;/m0./s1. The molecule has 2 heterocycles. The Morgan fingerprint density at radius 1 is 0.591 bits per heavy atom. The van der Waals surface area contributed by atoms with Crippen LogP contribution in [0.25, 0.3) is 10.8 Å². The average molecular weight is 1350 g/mol. The van der Waals surface area contributed by atoms with E-state index >= 15 is 0 Å². The molecule has 12 N–H and O–H groups in total. The number of nitrogens with one attached hydrogen (secondary N) is 7. The molecule has 2 fully saturated rings. The van der Waals surface area contributed by atoms with Gasteiger partial charge in [0.1, 0.15) is 29.9 Å². The predicted octanol–water partition coefficient (Wildman–Crippen LogP) is -6.46. The molecule has 4 aromatic carbocycles. The molecule has 30 nitrogen and oxygen atoms in total. The third-order valence-electron chi connectivity index (χ3n) is 15.4. The number of likely N-dealkylation sites (N-methyl/N-ethyl adjacent to an activating group) is 1. The van der Waals surface area contributed by atoms with Crippen LogP contribution < -0.4 is 64.0 Å². The van der Waals surface area contributed by atoms with E-state index in [4.69, 9.17) is 11.5 Å². The van der Waals surface area contributed by atoms with Gasteiger partial charge in [0.05, 0.1) is 31.0 Å². The SMILES string of the molecule is CN1C(=O)[C@@H](Cc2ccc(O)cc2)NC(=O)CNC(=O)[C@H](Cc2ccc3ccccc3c2)NC(=O)[C@H](CCCN=C(N)N)NC(=O)[C@H]1CCCNC(=O)c1ccc(NC(=O)CCNC(=O)CN2CCN(CC(=O)[O-])CCN(CC(=O)[O-])CCN(CC(=O)[O-])CC2)cc1.[Ga+3]. The van der Waals surface area contributed by atoms with Gasteiger partial charge in [0.2, 0.25) is 41.4 Å². The monoisotopic (exact) mass is 1340 g/mol. The van der Waals surface area contributed by atoms with Crippen LogP contribution >= 0.6 is 0 Å². The van der Waals surface area contributed by atoms with Gasteiger partial charge in [-0.2, -0.15) is 0 Å². The van der Waals surface area contributed by atoms with E-state index in [1.807, 2.05) is 42.5 Å². The smallest absolute Gasteiger partial charge is 0.549 e. The van der Waals surface area contributed by atoms with Crippen LogP contribution in [0.4, 0.5) is 5.69 Å². The number of carbonyl (C=O) groups is 11. The molecule has 2 aliphatic heterocycles. The number of benzene rings is 4. The Kier molecular flexibility index (Phi) is 30.5. The van der Waals surface area contributed by atoms with Crippen molar-refractivity contribution in [1.82, 2.24) is 56.4 Å². The maximum absolute atomic E-state index is 14.7. The molecule has 0 unspecified atom stereocenters. The number of nitrogens with two attached hydrogens (primary N) is 2. The number of phenolic OH excluding ortho intramolecular Hbond substituents is 1. The molecule has 496 valence electrons. The minimum Gasteiger partial charge on any atom is -0.549 e. The third kappa shape index (κ3) is 26.2. The van der Waals surface area contributed by atoms with Gasteiger partial charge < -0.3 is 88.4 Å². The Morgan fingerprint density at radius 2 is 1.14 bits per heavy atom. The zero-order chi connectivity index (χ0) is 66.7. The van der Waals surface area contributed by atoms with E-state index in [1.165, 1.54) is 48.3 Å². The number of rotatable bonds is 25. The van der Waals surface area contributed by atoms with E-state index in [0.717, 1.165) is 15.7 Å². The number of carboxylic acids is 3. The summed E-state index contributed by atoms with van der Waals surface area (Å²) >= 11 is 0. The maximum Gasteiger partial charge on any atom is 3.00 e. The quantitative estimate of drug-likeness (QED) is 0.0128. The number of carboxylic acid groups (broad SMARTS) is 3. The van der Waals surface area contributed by atoms with Gasteiger partial charge in [0, 0.05) is 129 Å². The number of aromatic hydroxyl groups is 1. The predicted molar refractivity (Wildman–Crippen MR) is 336 cm³/mol. The molecule has 0 aromatic heterocycles. The molecule has 0 spiro atoms. The summed E-state index contributed by atoms with van der Waals surface area (Å²) < 4.78 is 0. The maximum atomic E-state index is 14.7. The number of hydrogen-bond donors (Lipinski definition) is 10. The fourth-order valence-electron chi connectivity index (χ4n) is 10.5. The van der Waals surface area contributed by atoms with E-state index < -0.39 is 116 Å². The number of hydrogen-bond acceptors (Lipinski definition) is 20. The van der Waals surface area contributed by atoms with Gasteiger partial charge in [-0.25, -0.2) is 0 Å². The first-order valence-electron chi connectivity index (χ1n) is 30.2. The van der Waals surface area contributed by atoms with E-state index in [-0.39, 0.29) is 161 Å². The summed E-state index contributed by atoms with van der Waals surface area (Å²) in [6.07, 6.45) is -0.0305. The van der Waals surface area contributed by atoms with Gasteiger partial charge in [0.15, 0.2) is 5.96 Å². The molecule has 6 rings (SSSR count). The van der Waals surface area contributed by atoms with E-state index in [9.17, 15) is 73.2 Å². The number of carbonyl (C=O) groups excluding carboxylic acids is 11. The summed E-state index contributed by atoms with van der Waals surface area (Å²) in [6, 6.07) is 19.9. The summed E-state index contributed by atoms with van der Waals surface area (Å²) in [5, 5.41) is 65.3. The first kappa shape index (κ1) is 74.6. The fraction of sp³-hybridized carbons (Fsp3) is 0.452. The van der Waals surface area contributed by atoms with Crippen LogP contribution in [-0.4, -0.2) is 256 Å². The van der Waals surface area contributed by atoms with Crippen LogP contribution in [0.3, 0.4) is 0 Å². The Hall–Kier alpha value is -9.14. The van der Waals surface area contributed by atoms with Crippen molar-refractivity contribution in [3.8, 4) is 5.75 Å². The summed E-state index contributed by atoms with van der Waals surface area (Å²) in [7, 11) is 1.37. The van der Waals surface area contributed by atoms with Crippen LogP contribution in [0.2, 0.25) is 0 Å². The van der Waals surface area contributed by atoms with Crippen molar-refractivity contribution in [3.05, 3.63) is 108 Å². The van der Waals surface area contributed by atoms with Crippen molar-refractivity contribution >= 4 is 107 Å². The second kappa shape index (κ2) is 38.0. The number of phenols is 1. The van der Waals surface area contributed by atoms with Crippen molar-refractivity contribution in [2.45, 2.75) is 69.1 Å². The van der Waals surface area contributed by atoms with Crippen LogP contribution in [0.15, 0.2) is 96.0 Å². The Morgan fingerprint density at radius 3 is 1.72 bits per heavy atom. The van der Waals surface area contributed by atoms with Crippen LogP contribution in [0, 0.1) is 0 Å². The van der Waals surface area contributed by atoms with Gasteiger partial charge in [-0.05, 0) is 84.0 Å². The minimum absolute atomic E-state index is 0. The molecule has 2 saturated heterocycles. The summed E-state index contributed by atoms with van der Waals surface area (Å²) in [6.45, 7) is -0.930. The molecule has 4 atom stereocenters. The summed E-state index contributed by atoms with van der Waals surface area (Å²) in [5.41, 5.74) is 12.9. The van der Waals surface area contributed by atoms with E-state index in [0.29, 0.717) is 16.8 Å². The molecular formula is C62H80GaN15O15. The molecular weight excluding hydrogens is 1260 g/mol. The number of aliphatic imine (C=N–C) groups is 1. The first-order valence-corrected chi connectivity index (χ1v) is 30.2. The Balaban J connectivity index is 0.0000157. The number of aliphatic carboxylic acids is 3. The van der Waals surface area contributed by atoms with E-state index in [2.05, 4.69) is 42.2 Å². The minimum atomic E-state index is -1.35. The van der Waals surface area contributed by atoms with Gasteiger partial charge in [0.25, 0.3) is 5.91 Å². The van der Waals surface area contributed by atoms with Gasteiger partial charge >= 0.3 is 19.8 Å². The number of amides is 8. The number of fused-ring (bicyclic) bond motifs is 1. The first-order chi connectivity index (χ1) is 44.0. The second-order valence-electron chi connectivity index (χ2n) is 22.5. The van der Waals surface area contributed by atoms with Crippen LogP contribution in [0.1, 0.15) is 53.6 Å². The molecule has 4 aromatic rings. The van der Waals surface area contributed by atoms with Crippen molar-refractivity contribution < 1.29 is 73.2 Å². The third-order valence-corrected chi connectivity index (χ3v) is 15.4. The van der Waals surface area contributed by atoms with Crippen molar-refractivity contribution in [3.63, 3.8) is 0 Å². The fourth-order valence-corrected chi connectivity index (χ4v) is 10.5. The van der Waals surface area contributed by atoms with Crippen molar-refractivity contribution in [2.24, 2.45) is 16.5 Å². The zero-order valence-electron chi connectivity index (χ0n) is 51.8. The van der Waals surface area contributed by atoms with Crippen LogP contribution in [-0.2, 0) is 60.8 Å². The summed E-state index contributed by atoms with van der Waals surface area (Å²) in [5.74, 6) is -9.42. The van der Waals surface area contributed by atoms with Gasteiger partial charge in [-0.15, -0.1) is 0 Å². The molecule has 93 heavy (non-hydrogen) atoms. The second-order valence-corrected chi connectivity index (χ2v) is 22.5. The number of anilines is 1. The molecule has 31 heteroatoms. The normalized spacial score (nSPS) is 18.8. The largest absolute Gasteiger partial charge is 3.00 e. The molecule has 0 radical (unpaired) electrons. The van der Waals surface area contributed by atoms with Crippen molar-refractivity contribution in [1.29, 1.82) is 0 Å². The topological polar surface area (TPSA) is 442 Å². The zero-order valence-corrected chi connectivity index (χ0v) is 54.2. The molecule has 2 aliphatic rings. The average Bonchev–Trinajstić information content (AvgIpc) is 1.95. The van der Waals surface area contributed by atoms with Gasteiger partial charge in [-0.3, -0.25) is 62.9 Å². The molecule has 8 amide bonds. The van der Waals surface area contributed by atoms with Crippen molar-refractivity contribution in [2.75, 3.05) is 117 Å². The summed E-state index contributed by atoms with van der Waals surface area (Å²) in [4.78, 5) is 157. The van der Waals surface area contributed by atoms with Gasteiger partial charge in [-0.1, -0.05) is 54.6 Å². The molecule has 0 aliphatic carbocycles. The molecule has 0 bridgehead atoms. The molecule has 0 saturated carbocycles. The number of nitrogens with zero attached hydrogens (tertiary/aromatic N) is 6. The Labute approximate surface area is 550 Å².